The first-order chi connectivity index (χ1) is 8.00. The minimum Gasteiger partial charge on any atom is -0.384 e. The van der Waals surface area contributed by atoms with Gasteiger partial charge in [0.15, 0.2) is 0 Å². The van der Waals surface area contributed by atoms with Crippen molar-refractivity contribution in [3.63, 3.8) is 0 Å². The van der Waals surface area contributed by atoms with Crippen LogP contribution < -0.4 is 5.73 Å². The maximum atomic E-state index is 11.0. The Morgan fingerprint density at radius 2 is 2.18 bits per heavy atom. The molecule has 0 radical (unpaired) electrons. The van der Waals surface area contributed by atoms with Crippen LogP contribution in [0.4, 0.5) is 11.5 Å². The number of nitrogens with two attached hydrogens (primary N) is 1. The minimum atomic E-state index is -0.410. The monoisotopic (exact) mass is 232 g/mol. The van der Waals surface area contributed by atoms with E-state index < -0.39 is 4.92 Å². The van der Waals surface area contributed by atoms with Crippen molar-refractivity contribution in [3.05, 3.63) is 39.9 Å². The van der Waals surface area contributed by atoms with E-state index in [1.807, 2.05) is 13.0 Å². The number of nitro groups is 1. The number of hydrogen-bond acceptors (Lipinski definition) is 4. The van der Waals surface area contributed by atoms with Crippen molar-refractivity contribution in [2.24, 2.45) is 7.05 Å². The van der Waals surface area contributed by atoms with Crippen LogP contribution in [0.5, 0.6) is 0 Å². The largest absolute Gasteiger partial charge is 0.384 e. The van der Waals surface area contributed by atoms with E-state index >= 15 is 0 Å². The summed E-state index contributed by atoms with van der Waals surface area (Å²) in [5.41, 5.74) is 7.57. The fourth-order valence-corrected chi connectivity index (χ4v) is 1.74. The molecule has 6 nitrogen and oxygen atoms in total. The van der Waals surface area contributed by atoms with Gasteiger partial charge in [0.1, 0.15) is 11.5 Å². The molecule has 17 heavy (non-hydrogen) atoms. The van der Waals surface area contributed by atoms with E-state index in [0.29, 0.717) is 17.1 Å². The molecule has 1 heterocycles. The summed E-state index contributed by atoms with van der Waals surface area (Å²) < 4.78 is 1.49. The van der Waals surface area contributed by atoms with E-state index in [0.717, 1.165) is 5.56 Å². The first-order valence-electron chi connectivity index (χ1n) is 5.04. The van der Waals surface area contributed by atoms with Crippen LogP contribution in [0.15, 0.2) is 24.3 Å². The SMILES string of the molecule is Cc1cccc([N+](=O)[O-])c1-c1cc(N)n(C)n1. The van der Waals surface area contributed by atoms with Crippen LogP contribution in [-0.4, -0.2) is 14.7 Å². The zero-order valence-corrected chi connectivity index (χ0v) is 9.54. The Balaban J connectivity index is 2.69. The Kier molecular flexibility index (Phi) is 2.55. The van der Waals surface area contributed by atoms with Gasteiger partial charge in [-0.3, -0.25) is 14.8 Å². The van der Waals surface area contributed by atoms with Gasteiger partial charge in [-0.2, -0.15) is 5.10 Å². The summed E-state index contributed by atoms with van der Waals surface area (Å²) in [5.74, 6) is 0.470. The standard InChI is InChI=1S/C11H12N4O2/c1-7-4-3-5-9(15(16)17)11(7)8-6-10(12)14(2)13-8/h3-6H,12H2,1-2H3. The molecular weight excluding hydrogens is 220 g/mol. The molecule has 88 valence electrons. The number of nitrogens with zero attached hydrogens (tertiary/aromatic N) is 3. The molecule has 2 rings (SSSR count). The number of aryl methyl sites for hydroxylation is 2. The molecule has 0 aliphatic carbocycles. The third-order valence-corrected chi connectivity index (χ3v) is 2.62. The Bertz CT molecular complexity index is 570. The lowest BCUT2D eigenvalue weighted by molar-refractivity contribution is -0.384. The van der Waals surface area contributed by atoms with Gasteiger partial charge in [0.05, 0.1) is 10.5 Å². The van der Waals surface area contributed by atoms with Crippen molar-refractivity contribution in [1.29, 1.82) is 0 Å². The molecule has 0 atom stereocenters. The van der Waals surface area contributed by atoms with Crippen molar-refractivity contribution in [2.45, 2.75) is 6.92 Å². The first kappa shape index (κ1) is 11.1. The summed E-state index contributed by atoms with van der Waals surface area (Å²) in [7, 11) is 1.70. The maximum Gasteiger partial charge on any atom is 0.279 e. The van der Waals surface area contributed by atoms with Crippen LogP contribution in [0, 0.1) is 17.0 Å². The summed E-state index contributed by atoms with van der Waals surface area (Å²) in [6.07, 6.45) is 0. The van der Waals surface area contributed by atoms with Crippen LogP contribution in [0.3, 0.4) is 0 Å². The highest BCUT2D eigenvalue weighted by molar-refractivity contribution is 5.75. The van der Waals surface area contributed by atoms with Gasteiger partial charge in [-0.05, 0) is 12.5 Å². The summed E-state index contributed by atoms with van der Waals surface area (Å²) in [4.78, 5) is 10.6. The molecule has 0 saturated heterocycles. The van der Waals surface area contributed by atoms with Gasteiger partial charge in [0.25, 0.3) is 5.69 Å². The Morgan fingerprint density at radius 1 is 1.47 bits per heavy atom. The van der Waals surface area contributed by atoms with Gasteiger partial charge < -0.3 is 5.73 Å². The summed E-state index contributed by atoms with van der Waals surface area (Å²) in [5, 5.41) is 15.2. The van der Waals surface area contributed by atoms with E-state index in [1.54, 1.807) is 19.2 Å². The van der Waals surface area contributed by atoms with Crippen LogP contribution >= 0.6 is 0 Å². The highest BCUT2D eigenvalue weighted by Crippen LogP contribution is 2.32. The molecule has 1 aromatic carbocycles. The molecule has 0 unspecified atom stereocenters. The molecular formula is C11H12N4O2. The van der Waals surface area contributed by atoms with Gasteiger partial charge in [0.2, 0.25) is 0 Å². The van der Waals surface area contributed by atoms with Crippen LogP contribution in [-0.2, 0) is 7.05 Å². The van der Waals surface area contributed by atoms with Gasteiger partial charge in [0, 0.05) is 19.2 Å². The number of nitro benzene ring substituents is 1. The molecule has 0 aliphatic rings. The number of aromatic nitrogens is 2. The molecule has 0 saturated carbocycles. The molecule has 1 aromatic heterocycles. The smallest absolute Gasteiger partial charge is 0.279 e. The first-order valence-corrected chi connectivity index (χ1v) is 5.04. The van der Waals surface area contributed by atoms with Crippen molar-refractivity contribution in [1.82, 2.24) is 9.78 Å². The van der Waals surface area contributed by atoms with Crippen molar-refractivity contribution < 1.29 is 4.92 Å². The normalized spacial score (nSPS) is 10.5. The van der Waals surface area contributed by atoms with Gasteiger partial charge >= 0.3 is 0 Å². The third kappa shape index (κ3) is 1.84. The second-order valence-electron chi connectivity index (χ2n) is 3.80. The summed E-state index contributed by atoms with van der Waals surface area (Å²) >= 11 is 0. The lowest BCUT2D eigenvalue weighted by Gasteiger charge is -2.03. The Hall–Kier alpha value is -2.37. The average Bonchev–Trinajstić information content (AvgIpc) is 2.58. The zero-order chi connectivity index (χ0) is 12.6. The second-order valence-corrected chi connectivity index (χ2v) is 3.80. The number of benzene rings is 1. The third-order valence-electron chi connectivity index (χ3n) is 2.62. The van der Waals surface area contributed by atoms with E-state index in [9.17, 15) is 10.1 Å². The highest BCUT2D eigenvalue weighted by atomic mass is 16.6. The van der Waals surface area contributed by atoms with Crippen LogP contribution in [0.25, 0.3) is 11.3 Å². The van der Waals surface area contributed by atoms with E-state index in [4.69, 9.17) is 5.73 Å². The highest BCUT2D eigenvalue weighted by Gasteiger charge is 2.19. The van der Waals surface area contributed by atoms with Crippen molar-refractivity contribution in [2.75, 3.05) is 5.73 Å². The lowest BCUT2D eigenvalue weighted by Crippen LogP contribution is -1.97. The molecule has 0 aliphatic heterocycles. The molecule has 0 fully saturated rings. The van der Waals surface area contributed by atoms with Crippen LogP contribution in [0.1, 0.15) is 5.56 Å². The second kappa shape index (κ2) is 3.89. The summed E-state index contributed by atoms with van der Waals surface area (Å²) in [6.45, 7) is 1.81. The number of anilines is 1. The van der Waals surface area contributed by atoms with E-state index in [-0.39, 0.29) is 5.69 Å². The Morgan fingerprint density at radius 3 is 2.71 bits per heavy atom. The van der Waals surface area contributed by atoms with Gasteiger partial charge in [-0.15, -0.1) is 0 Å². The van der Waals surface area contributed by atoms with E-state index in [2.05, 4.69) is 5.10 Å². The van der Waals surface area contributed by atoms with E-state index in [1.165, 1.54) is 10.7 Å². The van der Waals surface area contributed by atoms with Crippen LogP contribution in [0.2, 0.25) is 0 Å². The van der Waals surface area contributed by atoms with Crippen molar-refractivity contribution >= 4 is 11.5 Å². The zero-order valence-electron chi connectivity index (χ0n) is 9.54. The topological polar surface area (TPSA) is 87.0 Å². The number of nitrogen functional groups attached to an aromatic ring is 1. The lowest BCUT2D eigenvalue weighted by atomic mass is 10.0. The molecule has 2 aromatic rings. The van der Waals surface area contributed by atoms with Gasteiger partial charge in [-0.25, -0.2) is 0 Å². The molecule has 0 bridgehead atoms. The molecule has 0 amide bonds. The van der Waals surface area contributed by atoms with Crippen molar-refractivity contribution in [3.8, 4) is 11.3 Å². The fourth-order valence-electron chi connectivity index (χ4n) is 1.74. The predicted octanol–water partition coefficient (Wildman–Crippen LogP) is 1.89. The quantitative estimate of drug-likeness (QED) is 0.632. The fraction of sp³-hybridized carbons (Fsp3) is 0.182. The average molecular weight is 232 g/mol. The number of hydrogen-bond donors (Lipinski definition) is 1. The Labute approximate surface area is 97.8 Å². The maximum absolute atomic E-state index is 11.0. The molecule has 6 heteroatoms. The molecule has 2 N–H and O–H groups in total. The summed E-state index contributed by atoms with van der Waals surface area (Å²) in [6, 6.07) is 6.57. The minimum absolute atomic E-state index is 0.0445. The predicted molar refractivity (Wildman–Crippen MR) is 64.4 cm³/mol. The van der Waals surface area contributed by atoms with Gasteiger partial charge in [-0.1, -0.05) is 12.1 Å². The molecule has 0 spiro atoms. The number of rotatable bonds is 2.